The van der Waals surface area contributed by atoms with Crippen molar-refractivity contribution >= 4 is 17.6 Å². The van der Waals surface area contributed by atoms with Crippen LogP contribution in [0.3, 0.4) is 0 Å². The van der Waals surface area contributed by atoms with E-state index in [0.717, 1.165) is 11.1 Å². The van der Waals surface area contributed by atoms with Crippen LogP contribution >= 0.6 is 0 Å². The van der Waals surface area contributed by atoms with E-state index in [2.05, 4.69) is 5.32 Å². The molecule has 0 fully saturated rings. The Balaban J connectivity index is 1.60. The Labute approximate surface area is 151 Å². The zero-order chi connectivity index (χ0) is 18.8. The van der Waals surface area contributed by atoms with Crippen molar-refractivity contribution < 1.29 is 23.5 Å². The van der Waals surface area contributed by atoms with Crippen molar-refractivity contribution in [2.75, 3.05) is 5.32 Å². The Kier molecular flexibility index (Phi) is 4.93. The smallest absolute Gasteiger partial charge is 0.348 e. The van der Waals surface area contributed by atoms with Crippen molar-refractivity contribution in [3.05, 3.63) is 58.9 Å². The van der Waals surface area contributed by atoms with Crippen LogP contribution in [0.15, 0.2) is 36.4 Å². The largest absolute Gasteiger partial charge is 0.478 e. The second-order valence-electron chi connectivity index (χ2n) is 6.40. The van der Waals surface area contributed by atoms with Gasteiger partial charge in [0.15, 0.2) is 12.2 Å². The first-order chi connectivity index (χ1) is 12.3. The van der Waals surface area contributed by atoms with Gasteiger partial charge in [0.25, 0.3) is 5.91 Å². The average molecular weight is 357 g/mol. The van der Waals surface area contributed by atoms with Gasteiger partial charge < -0.3 is 14.8 Å². The molecule has 2 unspecified atom stereocenters. The number of aryl methyl sites for hydroxylation is 2. The minimum atomic E-state index is -0.981. The van der Waals surface area contributed by atoms with Crippen LogP contribution in [0.1, 0.15) is 23.6 Å². The van der Waals surface area contributed by atoms with Gasteiger partial charge in [0.1, 0.15) is 11.6 Å². The van der Waals surface area contributed by atoms with Gasteiger partial charge >= 0.3 is 5.97 Å². The van der Waals surface area contributed by atoms with Gasteiger partial charge in [-0.1, -0.05) is 18.2 Å². The lowest BCUT2D eigenvalue weighted by molar-refractivity contribution is -0.159. The average Bonchev–Trinajstić information content (AvgIpc) is 3.01. The van der Waals surface area contributed by atoms with Gasteiger partial charge in [-0.3, -0.25) is 4.79 Å². The van der Waals surface area contributed by atoms with E-state index in [9.17, 15) is 14.0 Å². The summed E-state index contributed by atoms with van der Waals surface area (Å²) in [5.74, 6) is -0.994. The molecule has 1 amide bonds. The second-order valence-corrected chi connectivity index (χ2v) is 6.40. The van der Waals surface area contributed by atoms with Gasteiger partial charge in [0.2, 0.25) is 0 Å². The summed E-state index contributed by atoms with van der Waals surface area (Å²) in [6.45, 7) is 5.28. The van der Waals surface area contributed by atoms with E-state index in [1.165, 1.54) is 25.1 Å². The van der Waals surface area contributed by atoms with E-state index in [1.807, 2.05) is 32.0 Å². The van der Waals surface area contributed by atoms with Crippen LogP contribution in [0.4, 0.5) is 10.1 Å². The van der Waals surface area contributed by atoms with Crippen LogP contribution in [0.25, 0.3) is 0 Å². The van der Waals surface area contributed by atoms with E-state index in [-0.39, 0.29) is 12.2 Å². The predicted octanol–water partition coefficient (Wildman–Crippen LogP) is 3.32. The number of hydrogen-bond donors (Lipinski definition) is 1. The Morgan fingerprint density at radius 1 is 1.23 bits per heavy atom. The van der Waals surface area contributed by atoms with Gasteiger partial charge in [-0.05, 0) is 50.1 Å². The van der Waals surface area contributed by atoms with Crippen LogP contribution in [0.2, 0.25) is 0 Å². The lowest BCUT2D eigenvalue weighted by Gasteiger charge is -2.18. The summed E-state index contributed by atoms with van der Waals surface area (Å²) < 4.78 is 24.0. The van der Waals surface area contributed by atoms with E-state index in [0.29, 0.717) is 17.0 Å². The number of esters is 1. The molecule has 0 saturated carbocycles. The molecule has 0 bridgehead atoms. The van der Waals surface area contributed by atoms with Gasteiger partial charge in [-0.25, -0.2) is 9.18 Å². The van der Waals surface area contributed by atoms with E-state index < -0.39 is 24.1 Å². The topological polar surface area (TPSA) is 64.6 Å². The Hall–Kier alpha value is -2.89. The third-order valence-electron chi connectivity index (χ3n) is 4.35. The quantitative estimate of drug-likeness (QED) is 0.853. The number of anilines is 1. The number of amides is 1. The highest BCUT2D eigenvalue weighted by molar-refractivity contribution is 5.96. The molecule has 3 rings (SSSR count). The van der Waals surface area contributed by atoms with Gasteiger partial charge in [-0.15, -0.1) is 0 Å². The number of carbonyl (C=O) groups excluding carboxylic acids is 2. The zero-order valence-electron chi connectivity index (χ0n) is 14.8. The standard InChI is InChI=1S/C20H20FNO4/c1-11-5-4-6-12(2)18(11)22-19(23)13(3)25-20(24)17-10-14-9-15(21)7-8-16(14)26-17/h4-9,13,17H,10H2,1-3H3,(H,22,23). The summed E-state index contributed by atoms with van der Waals surface area (Å²) >= 11 is 0. The first-order valence-corrected chi connectivity index (χ1v) is 8.38. The van der Waals surface area contributed by atoms with Crippen LogP contribution in [0.5, 0.6) is 5.75 Å². The van der Waals surface area contributed by atoms with Crippen molar-refractivity contribution in [2.24, 2.45) is 0 Å². The Bertz CT molecular complexity index is 845. The summed E-state index contributed by atoms with van der Waals surface area (Å²) in [7, 11) is 0. The second kappa shape index (κ2) is 7.15. The molecule has 0 spiro atoms. The van der Waals surface area contributed by atoms with Crippen LogP contribution < -0.4 is 10.1 Å². The Morgan fingerprint density at radius 2 is 1.92 bits per heavy atom. The van der Waals surface area contributed by atoms with Crippen molar-refractivity contribution in [3.8, 4) is 5.75 Å². The minimum absolute atomic E-state index is 0.219. The summed E-state index contributed by atoms with van der Waals surface area (Å²) in [4.78, 5) is 24.6. The molecule has 0 saturated heterocycles. The lowest BCUT2D eigenvalue weighted by atomic mass is 10.1. The van der Waals surface area contributed by atoms with Crippen molar-refractivity contribution in [3.63, 3.8) is 0 Å². The first-order valence-electron chi connectivity index (χ1n) is 8.38. The SMILES string of the molecule is Cc1cccc(C)c1NC(=O)C(C)OC(=O)C1Cc2cc(F)ccc2O1. The third kappa shape index (κ3) is 3.69. The monoisotopic (exact) mass is 357 g/mol. The molecule has 0 aromatic heterocycles. The molecule has 0 aliphatic carbocycles. The third-order valence-corrected chi connectivity index (χ3v) is 4.35. The molecule has 1 N–H and O–H groups in total. The fraction of sp³-hybridized carbons (Fsp3) is 0.300. The molecule has 2 atom stereocenters. The predicted molar refractivity (Wildman–Crippen MR) is 94.6 cm³/mol. The lowest BCUT2D eigenvalue weighted by Crippen LogP contribution is -2.36. The molecule has 2 aromatic carbocycles. The number of hydrogen-bond acceptors (Lipinski definition) is 4. The van der Waals surface area contributed by atoms with Crippen LogP contribution in [-0.2, 0) is 20.7 Å². The first kappa shape index (κ1) is 17.9. The zero-order valence-corrected chi connectivity index (χ0v) is 14.8. The number of carbonyl (C=O) groups is 2. The van der Waals surface area contributed by atoms with E-state index in [1.54, 1.807) is 0 Å². The normalized spacial score (nSPS) is 16.4. The fourth-order valence-corrected chi connectivity index (χ4v) is 2.89. The molecule has 0 radical (unpaired) electrons. The molecule has 2 aromatic rings. The van der Waals surface area contributed by atoms with Crippen LogP contribution in [-0.4, -0.2) is 24.1 Å². The molecule has 5 nitrogen and oxygen atoms in total. The van der Waals surface area contributed by atoms with Crippen molar-refractivity contribution in [2.45, 2.75) is 39.4 Å². The maximum Gasteiger partial charge on any atom is 0.348 e. The van der Waals surface area contributed by atoms with E-state index in [4.69, 9.17) is 9.47 Å². The fourth-order valence-electron chi connectivity index (χ4n) is 2.89. The molecule has 1 aliphatic heterocycles. The summed E-state index contributed by atoms with van der Waals surface area (Å²) in [6, 6.07) is 9.77. The molecule has 1 heterocycles. The minimum Gasteiger partial charge on any atom is -0.478 e. The highest BCUT2D eigenvalue weighted by atomic mass is 19.1. The number of rotatable bonds is 4. The number of halogens is 1. The summed E-state index contributed by atoms with van der Waals surface area (Å²) in [6.07, 6.45) is -1.63. The molecular formula is C20H20FNO4. The van der Waals surface area contributed by atoms with Crippen LogP contribution in [0, 0.1) is 19.7 Å². The van der Waals surface area contributed by atoms with Crippen molar-refractivity contribution in [1.29, 1.82) is 0 Å². The van der Waals surface area contributed by atoms with E-state index >= 15 is 0 Å². The summed E-state index contributed by atoms with van der Waals surface area (Å²) in [5, 5.41) is 2.79. The molecule has 136 valence electrons. The molecular weight excluding hydrogens is 337 g/mol. The highest BCUT2D eigenvalue weighted by Gasteiger charge is 2.32. The number of ether oxygens (including phenoxy) is 2. The van der Waals surface area contributed by atoms with Gasteiger partial charge in [0, 0.05) is 17.7 Å². The number of benzene rings is 2. The number of fused-ring (bicyclic) bond motifs is 1. The summed E-state index contributed by atoms with van der Waals surface area (Å²) in [5.41, 5.74) is 3.17. The number of para-hydroxylation sites is 1. The van der Waals surface area contributed by atoms with Gasteiger partial charge in [-0.2, -0.15) is 0 Å². The molecule has 1 aliphatic rings. The molecule has 26 heavy (non-hydrogen) atoms. The van der Waals surface area contributed by atoms with Crippen molar-refractivity contribution in [1.82, 2.24) is 0 Å². The number of nitrogens with one attached hydrogen (secondary N) is 1. The maximum absolute atomic E-state index is 13.3. The highest BCUT2D eigenvalue weighted by Crippen LogP contribution is 2.30. The van der Waals surface area contributed by atoms with Gasteiger partial charge in [0.05, 0.1) is 0 Å². The Morgan fingerprint density at radius 3 is 2.62 bits per heavy atom. The maximum atomic E-state index is 13.3. The molecule has 6 heteroatoms.